The molecule has 6 heteroatoms. The zero-order valence-corrected chi connectivity index (χ0v) is 19.0. The fraction of sp³-hybridized carbons (Fsp3) is 0.346. The van der Waals surface area contributed by atoms with Crippen LogP contribution in [0.3, 0.4) is 0 Å². The van der Waals surface area contributed by atoms with E-state index in [9.17, 15) is 9.59 Å². The zero-order chi connectivity index (χ0) is 22.1. The van der Waals surface area contributed by atoms with Crippen LogP contribution in [0, 0.1) is 0 Å². The van der Waals surface area contributed by atoms with Crippen molar-refractivity contribution < 1.29 is 14.3 Å². The molecular formula is C26H26N2O3S. The molecule has 1 aliphatic heterocycles. The van der Waals surface area contributed by atoms with Crippen LogP contribution in [-0.2, 0) is 16.0 Å². The van der Waals surface area contributed by atoms with Crippen LogP contribution in [0.2, 0.25) is 0 Å². The summed E-state index contributed by atoms with van der Waals surface area (Å²) in [5, 5.41) is 2.84. The molecule has 164 valence electrons. The van der Waals surface area contributed by atoms with Crippen molar-refractivity contribution in [3.8, 4) is 0 Å². The van der Waals surface area contributed by atoms with Gasteiger partial charge in [-0.05, 0) is 73.8 Å². The summed E-state index contributed by atoms with van der Waals surface area (Å²) in [4.78, 5) is 33.9. The number of nitrogens with zero attached hydrogens (tertiary/aromatic N) is 2. The normalized spacial score (nSPS) is 19.3. The number of likely N-dealkylation sites (tertiary alicyclic amines) is 1. The molecule has 1 aliphatic carbocycles. The zero-order valence-electron chi connectivity index (χ0n) is 18.2. The number of aromatic nitrogens is 1. The molecule has 1 aromatic carbocycles. The van der Waals surface area contributed by atoms with E-state index in [1.165, 1.54) is 4.88 Å². The Kier molecular flexibility index (Phi) is 5.79. The van der Waals surface area contributed by atoms with Gasteiger partial charge in [-0.1, -0.05) is 24.3 Å². The molecule has 3 aromatic rings. The summed E-state index contributed by atoms with van der Waals surface area (Å²) in [6, 6.07) is 12.0. The van der Waals surface area contributed by atoms with Gasteiger partial charge in [0.2, 0.25) is 0 Å². The minimum Gasteiger partial charge on any atom is -0.452 e. The molecular weight excluding hydrogens is 420 g/mol. The number of ether oxygens (including phenoxy) is 1. The largest absolute Gasteiger partial charge is 0.452 e. The van der Waals surface area contributed by atoms with Crippen LogP contribution < -0.4 is 0 Å². The quantitative estimate of drug-likeness (QED) is 0.508. The van der Waals surface area contributed by atoms with Gasteiger partial charge in [-0.25, -0.2) is 9.78 Å². The van der Waals surface area contributed by atoms with E-state index in [0.29, 0.717) is 5.56 Å². The van der Waals surface area contributed by atoms with Crippen molar-refractivity contribution in [2.45, 2.75) is 45.1 Å². The molecule has 5 nitrogen and oxygen atoms in total. The molecule has 1 atom stereocenters. The van der Waals surface area contributed by atoms with Crippen LogP contribution in [0.1, 0.15) is 59.1 Å². The van der Waals surface area contributed by atoms with Crippen LogP contribution >= 0.6 is 11.3 Å². The Bertz CT molecular complexity index is 1200. The number of piperidine rings is 1. The smallest absolute Gasteiger partial charge is 0.339 e. The predicted octanol–water partition coefficient (Wildman–Crippen LogP) is 5.34. The summed E-state index contributed by atoms with van der Waals surface area (Å²) in [5.74, 6) is -0.547. The van der Waals surface area contributed by atoms with Gasteiger partial charge < -0.3 is 9.64 Å². The van der Waals surface area contributed by atoms with Crippen molar-refractivity contribution in [2.75, 3.05) is 13.2 Å². The number of thiophene rings is 1. The highest BCUT2D eigenvalue weighted by Crippen LogP contribution is 2.38. The summed E-state index contributed by atoms with van der Waals surface area (Å²) in [7, 11) is 0. The van der Waals surface area contributed by atoms with Crippen LogP contribution in [0.4, 0.5) is 0 Å². The van der Waals surface area contributed by atoms with E-state index in [1.807, 2.05) is 35.2 Å². The SMILES string of the molecule is CC1CCCCN1C(=O)COC(=O)c1c2c(nc3ccccc13)/C(=C/c1cccs1)CC2. The lowest BCUT2D eigenvalue weighted by molar-refractivity contribution is -0.137. The fourth-order valence-electron chi connectivity index (χ4n) is 4.81. The average Bonchev–Trinajstić information content (AvgIpc) is 3.46. The van der Waals surface area contributed by atoms with Gasteiger partial charge in [-0.15, -0.1) is 11.3 Å². The number of esters is 1. The van der Waals surface area contributed by atoms with Crippen molar-refractivity contribution >= 4 is 45.8 Å². The summed E-state index contributed by atoms with van der Waals surface area (Å²) in [5.41, 5.74) is 4.27. The Morgan fingerprint density at radius 1 is 1.19 bits per heavy atom. The van der Waals surface area contributed by atoms with Crippen LogP contribution in [0.5, 0.6) is 0 Å². The Hall–Kier alpha value is -2.99. The third-order valence-electron chi connectivity index (χ3n) is 6.46. The Morgan fingerprint density at radius 2 is 2.06 bits per heavy atom. The van der Waals surface area contributed by atoms with Gasteiger partial charge in [0.15, 0.2) is 6.61 Å². The van der Waals surface area contributed by atoms with Crippen molar-refractivity contribution in [1.82, 2.24) is 9.88 Å². The Morgan fingerprint density at radius 3 is 2.88 bits per heavy atom. The maximum Gasteiger partial charge on any atom is 0.339 e. The van der Waals surface area contributed by atoms with Crippen LogP contribution in [0.15, 0.2) is 41.8 Å². The summed E-state index contributed by atoms with van der Waals surface area (Å²) < 4.78 is 5.59. The molecule has 5 rings (SSSR count). The van der Waals surface area contributed by atoms with E-state index in [0.717, 1.165) is 66.4 Å². The minimum absolute atomic E-state index is 0.112. The molecule has 1 unspecified atom stereocenters. The lowest BCUT2D eigenvalue weighted by Crippen LogP contribution is -2.44. The summed E-state index contributed by atoms with van der Waals surface area (Å²) >= 11 is 1.69. The van der Waals surface area contributed by atoms with Crippen molar-refractivity contribution in [1.29, 1.82) is 0 Å². The first-order valence-corrected chi connectivity index (χ1v) is 12.1. The highest BCUT2D eigenvalue weighted by molar-refractivity contribution is 7.10. The molecule has 0 radical (unpaired) electrons. The van der Waals surface area contributed by atoms with Gasteiger partial charge >= 0.3 is 5.97 Å². The molecule has 0 bridgehead atoms. The first-order chi connectivity index (χ1) is 15.6. The predicted molar refractivity (Wildman–Crippen MR) is 128 cm³/mol. The molecule has 2 aromatic heterocycles. The maximum absolute atomic E-state index is 13.3. The van der Waals surface area contributed by atoms with Gasteiger partial charge in [0.1, 0.15) is 0 Å². The highest BCUT2D eigenvalue weighted by Gasteiger charge is 2.29. The molecule has 1 fully saturated rings. The number of amides is 1. The van der Waals surface area contributed by atoms with E-state index in [2.05, 4.69) is 24.4 Å². The molecule has 1 saturated heterocycles. The number of para-hydroxylation sites is 1. The summed E-state index contributed by atoms with van der Waals surface area (Å²) in [6.07, 6.45) is 6.89. The highest BCUT2D eigenvalue weighted by atomic mass is 32.1. The van der Waals surface area contributed by atoms with E-state index in [1.54, 1.807) is 11.3 Å². The van der Waals surface area contributed by atoms with Gasteiger partial charge in [-0.3, -0.25) is 4.79 Å². The first-order valence-electron chi connectivity index (χ1n) is 11.2. The van der Waals surface area contributed by atoms with Gasteiger partial charge in [0, 0.05) is 22.8 Å². The number of benzene rings is 1. The Labute approximate surface area is 191 Å². The second-order valence-corrected chi connectivity index (χ2v) is 9.50. The van der Waals surface area contributed by atoms with Gasteiger partial charge in [-0.2, -0.15) is 0 Å². The third-order valence-corrected chi connectivity index (χ3v) is 7.27. The topological polar surface area (TPSA) is 59.5 Å². The molecule has 2 aliphatic rings. The molecule has 0 N–H and O–H groups in total. The number of hydrogen-bond acceptors (Lipinski definition) is 5. The van der Waals surface area contributed by atoms with Crippen molar-refractivity contribution in [3.63, 3.8) is 0 Å². The third kappa shape index (κ3) is 3.95. The van der Waals surface area contributed by atoms with Crippen molar-refractivity contribution in [3.05, 3.63) is 63.5 Å². The second-order valence-electron chi connectivity index (χ2n) is 8.52. The van der Waals surface area contributed by atoms with E-state index < -0.39 is 5.97 Å². The fourth-order valence-corrected chi connectivity index (χ4v) is 5.49. The van der Waals surface area contributed by atoms with E-state index in [-0.39, 0.29) is 18.6 Å². The molecule has 32 heavy (non-hydrogen) atoms. The lowest BCUT2D eigenvalue weighted by Gasteiger charge is -2.33. The average molecular weight is 447 g/mol. The number of hydrogen-bond donors (Lipinski definition) is 0. The Balaban J connectivity index is 1.46. The molecule has 0 spiro atoms. The number of carbonyl (C=O) groups excluding carboxylic acids is 2. The van der Waals surface area contributed by atoms with Gasteiger partial charge in [0.25, 0.3) is 5.91 Å². The molecule has 1 amide bonds. The lowest BCUT2D eigenvalue weighted by atomic mass is 10.0. The van der Waals surface area contributed by atoms with Gasteiger partial charge in [0.05, 0.1) is 16.8 Å². The van der Waals surface area contributed by atoms with Crippen molar-refractivity contribution in [2.24, 2.45) is 0 Å². The number of allylic oxidation sites excluding steroid dienone is 1. The number of carbonyl (C=O) groups is 2. The number of rotatable bonds is 4. The van der Waals surface area contributed by atoms with E-state index >= 15 is 0 Å². The summed E-state index contributed by atoms with van der Waals surface area (Å²) in [6.45, 7) is 2.58. The van der Waals surface area contributed by atoms with Crippen LogP contribution in [0.25, 0.3) is 22.6 Å². The molecule has 3 heterocycles. The number of fused-ring (bicyclic) bond motifs is 2. The standard InChI is InChI=1S/C26H26N2O3S/c1-17-7-4-5-13-28(17)23(29)16-31-26(30)24-20-9-2-3-10-22(20)27-25-18(11-12-21(24)25)15-19-8-6-14-32-19/h2-3,6,8-10,14-15,17H,4-5,7,11-13,16H2,1H3/b18-15+. The number of pyridine rings is 1. The van der Waals surface area contributed by atoms with E-state index in [4.69, 9.17) is 9.72 Å². The second kappa shape index (κ2) is 8.87. The van der Waals surface area contributed by atoms with Crippen LogP contribution in [-0.4, -0.2) is 41.0 Å². The first kappa shape index (κ1) is 20.9. The maximum atomic E-state index is 13.3. The monoisotopic (exact) mass is 446 g/mol. The molecule has 0 saturated carbocycles. The minimum atomic E-state index is -0.435.